The van der Waals surface area contributed by atoms with Gasteiger partial charge in [0.05, 0.1) is 11.4 Å². The molecule has 3 nitrogen and oxygen atoms in total. The fourth-order valence-corrected chi connectivity index (χ4v) is 2.78. The summed E-state index contributed by atoms with van der Waals surface area (Å²) in [4.78, 5) is 0. The van der Waals surface area contributed by atoms with E-state index in [1.54, 1.807) is 4.68 Å². The van der Waals surface area contributed by atoms with E-state index in [-0.39, 0.29) is 6.61 Å². The monoisotopic (exact) mass is 328 g/mol. The predicted molar refractivity (Wildman–Crippen MR) is 76.5 cm³/mol. The maximum Gasteiger partial charge on any atom is 0.136 e. The lowest BCUT2D eigenvalue weighted by molar-refractivity contribution is 0.299. The first-order chi connectivity index (χ1) is 8.54. The number of nitrogens with zero attached hydrogens (tertiary/aromatic N) is 2. The molecular formula is C13H14BrClN2O. The highest BCUT2D eigenvalue weighted by Gasteiger charge is 2.15. The van der Waals surface area contributed by atoms with Crippen molar-refractivity contribution in [3.8, 4) is 5.69 Å². The number of hydrogen-bond acceptors (Lipinski definition) is 2. The Labute approximate surface area is 120 Å². The third-order valence-corrected chi connectivity index (χ3v) is 3.75. The molecule has 1 aromatic carbocycles. The number of halogens is 2. The van der Waals surface area contributed by atoms with E-state index in [9.17, 15) is 0 Å². The molecule has 0 aliphatic heterocycles. The van der Waals surface area contributed by atoms with Gasteiger partial charge in [-0.3, -0.25) is 0 Å². The molecule has 96 valence electrons. The van der Waals surface area contributed by atoms with Crippen LogP contribution < -0.4 is 0 Å². The summed E-state index contributed by atoms with van der Waals surface area (Å²) in [6.07, 6.45) is 0.528. The number of rotatable bonds is 3. The minimum atomic E-state index is 0.0750. The normalized spacial score (nSPS) is 10.9. The number of aryl methyl sites for hydroxylation is 2. The van der Waals surface area contributed by atoms with Crippen LogP contribution in [-0.2, 0) is 6.42 Å². The molecule has 1 heterocycles. The van der Waals surface area contributed by atoms with Crippen LogP contribution in [0.1, 0.15) is 16.8 Å². The molecule has 0 aliphatic carbocycles. The molecule has 0 aliphatic rings. The number of aliphatic hydroxyl groups is 1. The zero-order valence-electron chi connectivity index (χ0n) is 10.2. The van der Waals surface area contributed by atoms with Crippen molar-refractivity contribution < 1.29 is 5.11 Å². The second-order valence-corrected chi connectivity index (χ2v) is 5.44. The Bertz CT molecular complexity index is 581. The summed E-state index contributed by atoms with van der Waals surface area (Å²) in [5.41, 5.74) is 3.80. The highest BCUT2D eigenvalue weighted by Crippen LogP contribution is 2.26. The third kappa shape index (κ3) is 2.46. The topological polar surface area (TPSA) is 38.0 Å². The molecule has 0 fully saturated rings. The maximum absolute atomic E-state index is 9.04. The van der Waals surface area contributed by atoms with E-state index >= 15 is 0 Å². The quantitative estimate of drug-likeness (QED) is 0.936. The molecule has 0 atom stereocenters. The van der Waals surface area contributed by atoms with Crippen molar-refractivity contribution in [3.63, 3.8) is 0 Å². The fourth-order valence-electron chi connectivity index (χ4n) is 1.94. The van der Waals surface area contributed by atoms with Gasteiger partial charge in [-0.15, -0.1) is 0 Å². The summed E-state index contributed by atoms with van der Waals surface area (Å²) in [7, 11) is 0. The molecule has 0 radical (unpaired) electrons. The Morgan fingerprint density at radius 3 is 2.72 bits per heavy atom. The molecular weight excluding hydrogens is 316 g/mol. The highest BCUT2D eigenvalue weighted by molar-refractivity contribution is 9.10. The van der Waals surface area contributed by atoms with Crippen molar-refractivity contribution in [2.24, 2.45) is 0 Å². The summed E-state index contributed by atoms with van der Waals surface area (Å²) >= 11 is 9.77. The second-order valence-electron chi connectivity index (χ2n) is 4.17. The summed E-state index contributed by atoms with van der Waals surface area (Å²) in [6.45, 7) is 3.99. The zero-order valence-corrected chi connectivity index (χ0v) is 12.6. The molecule has 0 saturated heterocycles. The van der Waals surface area contributed by atoms with Gasteiger partial charge < -0.3 is 5.11 Å². The molecule has 0 amide bonds. The van der Waals surface area contributed by atoms with Gasteiger partial charge in [0.25, 0.3) is 0 Å². The van der Waals surface area contributed by atoms with Gasteiger partial charge in [0.2, 0.25) is 0 Å². The molecule has 0 unspecified atom stereocenters. The van der Waals surface area contributed by atoms with Gasteiger partial charge in [0, 0.05) is 23.1 Å². The minimum Gasteiger partial charge on any atom is -0.396 e. The largest absolute Gasteiger partial charge is 0.396 e. The fraction of sp³-hybridized carbons (Fsp3) is 0.308. The van der Waals surface area contributed by atoms with Crippen molar-refractivity contribution in [2.45, 2.75) is 20.3 Å². The van der Waals surface area contributed by atoms with E-state index < -0.39 is 0 Å². The van der Waals surface area contributed by atoms with Gasteiger partial charge >= 0.3 is 0 Å². The Morgan fingerprint density at radius 2 is 2.11 bits per heavy atom. The average molecular weight is 330 g/mol. The Balaban J connectivity index is 2.54. The van der Waals surface area contributed by atoms with E-state index in [0.717, 1.165) is 27.0 Å². The van der Waals surface area contributed by atoms with Crippen molar-refractivity contribution in [1.29, 1.82) is 0 Å². The van der Waals surface area contributed by atoms with Crippen LogP contribution in [0.4, 0.5) is 0 Å². The summed E-state index contributed by atoms with van der Waals surface area (Å²) in [5.74, 6) is 0. The zero-order chi connectivity index (χ0) is 13.3. The molecule has 0 saturated carbocycles. The minimum absolute atomic E-state index is 0.0750. The van der Waals surface area contributed by atoms with Crippen molar-refractivity contribution in [1.82, 2.24) is 9.78 Å². The molecule has 0 bridgehead atoms. The van der Waals surface area contributed by atoms with E-state index in [1.807, 2.05) is 32.0 Å². The summed E-state index contributed by atoms with van der Waals surface area (Å²) in [6, 6.07) is 5.95. The van der Waals surface area contributed by atoms with Crippen LogP contribution in [0, 0.1) is 13.8 Å². The van der Waals surface area contributed by atoms with Crippen LogP contribution >= 0.6 is 27.5 Å². The van der Waals surface area contributed by atoms with Gasteiger partial charge in [-0.1, -0.05) is 27.5 Å². The van der Waals surface area contributed by atoms with Crippen LogP contribution in [-0.4, -0.2) is 21.5 Å². The molecule has 18 heavy (non-hydrogen) atoms. The van der Waals surface area contributed by atoms with Crippen LogP contribution in [0.2, 0.25) is 5.15 Å². The van der Waals surface area contributed by atoms with Crippen LogP contribution in [0.15, 0.2) is 22.7 Å². The van der Waals surface area contributed by atoms with E-state index in [2.05, 4.69) is 21.0 Å². The van der Waals surface area contributed by atoms with E-state index in [4.69, 9.17) is 16.7 Å². The lowest BCUT2D eigenvalue weighted by Crippen LogP contribution is -1.99. The second kappa shape index (κ2) is 5.43. The lowest BCUT2D eigenvalue weighted by atomic mass is 10.2. The third-order valence-electron chi connectivity index (χ3n) is 2.87. The van der Waals surface area contributed by atoms with Gasteiger partial charge in [0.1, 0.15) is 5.15 Å². The van der Waals surface area contributed by atoms with Crippen LogP contribution in [0.3, 0.4) is 0 Å². The first-order valence-corrected chi connectivity index (χ1v) is 6.83. The molecule has 2 rings (SSSR count). The van der Waals surface area contributed by atoms with Gasteiger partial charge in [-0.25, -0.2) is 4.68 Å². The average Bonchev–Trinajstić information content (AvgIpc) is 2.58. The van der Waals surface area contributed by atoms with Crippen molar-refractivity contribution in [3.05, 3.63) is 44.6 Å². The number of benzene rings is 1. The molecule has 1 aromatic heterocycles. The van der Waals surface area contributed by atoms with E-state index in [0.29, 0.717) is 11.6 Å². The Morgan fingerprint density at radius 1 is 1.39 bits per heavy atom. The predicted octanol–water partition coefficient (Wildman–Crippen LogP) is 3.44. The number of hydrogen-bond donors (Lipinski definition) is 1. The Kier molecular flexibility index (Phi) is 4.10. The first-order valence-electron chi connectivity index (χ1n) is 5.66. The van der Waals surface area contributed by atoms with Crippen molar-refractivity contribution in [2.75, 3.05) is 6.61 Å². The number of aromatic nitrogens is 2. The SMILES string of the molecule is Cc1cc(Br)ccc1-n1nc(C)c(CCO)c1Cl. The molecule has 5 heteroatoms. The molecule has 1 N–H and O–H groups in total. The summed E-state index contributed by atoms with van der Waals surface area (Å²) < 4.78 is 2.75. The van der Waals surface area contributed by atoms with Gasteiger partial charge in [-0.2, -0.15) is 5.10 Å². The maximum atomic E-state index is 9.04. The lowest BCUT2D eigenvalue weighted by Gasteiger charge is -2.07. The van der Waals surface area contributed by atoms with Gasteiger partial charge in [0.15, 0.2) is 0 Å². The number of aliphatic hydroxyl groups excluding tert-OH is 1. The van der Waals surface area contributed by atoms with Crippen molar-refractivity contribution >= 4 is 27.5 Å². The first kappa shape index (κ1) is 13.6. The molecule has 2 aromatic rings. The van der Waals surface area contributed by atoms with Crippen LogP contribution in [0.25, 0.3) is 5.69 Å². The standard InChI is InChI=1S/C13H14BrClN2O/c1-8-7-10(14)3-4-12(8)17-13(15)11(5-6-18)9(2)16-17/h3-4,7,18H,5-6H2,1-2H3. The van der Waals surface area contributed by atoms with Crippen LogP contribution in [0.5, 0.6) is 0 Å². The van der Waals surface area contributed by atoms with Gasteiger partial charge in [-0.05, 0) is 37.6 Å². The smallest absolute Gasteiger partial charge is 0.136 e. The Hall–Kier alpha value is -0.840. The van der Waals surface area contributed by atoms with E-state index in [1.165, 1.54) is 0 Å². The summed E-state index contributed by atoms with van der Waals surface area (Å²) in [5, 5.41) is 14.1. The highest BCUT2D eigenvalue weighted by atomic mass is 79.9. The molecule has 0 spiro atoms.